The van der Waals surface area contributed by atoms with E-state index in [0.717, 1.165) is 31.9 Å². The van der Waals surface area contributed by atoms with Crippen molar-refractivity contribution in [2.45, 2.75) is 6.92 Å². The van der Waals surface area contributed by atoms with Gasteiger partial charge in [-0.05, 0) is 43.3 Å². The van der Waals surface area contributed by atoms with Crippen LogP contribution in [0.15, 0.2) is 84.7 Å². The molecule has 4 N–H and O–H groups in total. The van der Waals surface area contributed by atoms with Gasteiger partial charge in [0.25, 0.3) is 5.91 Å². The molecular formula is C24H28N6O2. The summed E-state index contributed by atoms with van der Waals surface area (Å²) < 4.78 is 0. The van der Waals surface area contributed by atoms with Crippen LogP contribution < -0.4 is 21.3 Å². The Bertz CT molecular complexity index is 1010. The highest BCUT2D eigenvalue weighted by Gasteiger charge is 2.17. The number of aromatic nitrogens is 1. The molecule has 0 spiro atoms. The summed E-state index contributed by atoms with van der Waals surface area (Å²) >= 11 is 0. The number of benzene rings is 1. The highest BCUT2D eigenvalue weighted by Crippen LogP contribution is 2.14. The third-order valence-electron chi connectivity index (χ3n) is 4.77. The molecule has 1 aliphatic heterocycles. The van der Waals surface area contributed by atoms with Crippen LogP contribution >= 0.6 is 0 Å². The first kappa shape index (κ1) is 22.8. The highest BCUT2D eigenvalue weighted by atomic mass is 16.2. The van der Waals surface area contributed by atoms with Crippen LogP contribution in [0.4, 0.5) is 16.3 Å². The number of amides is 3. The van der Waals surface area contributed by atoms with Crippen molar-refractivity contribution in [2.24, 2.45) is 0 Å². The van der Waals surface area contributed by atoms with Gasteiger partial charge in [0.05, 0.1) is 11.4 Å². The molecule has 166 valence electrons. The molecule has 0 atom stereocenters. The van der Waals surface area contributed by atoms with Crippen LogP contribution in [0.1, 0.15) is 17.4 Å². The Morgan fingerprint density at radius 3 is 2.50 bits per heavy atom. The fourth-order valence-electron chi connectivity index (χ4n) is 3.27. The van der Waals surface area contributed by atoms with Crippen molar-refractivity contribution in [3.63, 3.8) is 0 Å². The normalized spacial score (nSPS) is 14.5. The number of piperazine rings is 1. The highest BCUT2D eigenvalue weighted by molar-refractivity contribution is 6.00. The lowest BCUT2D eigenvalue weighted by Gasteiger charge is -2.31. The maximum absolute atomic E-state index is 12.9. The van der Waals surface area contributed by atoms with Gasteiger partial charge in [0, 0.05) is 31.9 Å². The van der Waals surface area contributed by atoms with Crippen LogP contribution in [0.25, 0.3) is 0 Å². The molecule has 2 heterocycles. The van der Waals surface area contributed by atoms with Crippen LogP contribution in [0, 0.1) is 0 Å². The lowest BCUT2D eigenvalue weighted by atomic mass is 10.2. The van der Waals surface area contributed by atoms with Crippen molar-refractivity contribution < 1.29 is 9.59 Å². The van der Waals surface area contributed by atoms with E-state index in [0.29, 0.717) is 11.4 Å². The molecule has 32 heavy (non-hydrogen) atoms. The number of pyridine rings is 1. The van der Waals surface area contributed by atoms with E-state index in [1.54, 1.807) is 36.4 Å². The van der Waals surface area contributed by atoms with Gasteiger partial charge >= 0.3 is 6.03 Å². The van der Waals surface area contributed by atoms with Gasteiger partial charge in [-0.1, -0.05) is 36.9 Å². The molecular weight excluding hydrogens is 404 g/mol. The Hall–Kier alpha value is -3.91. The number of hydrogen-bond donors (Lipinski definition) is 4. The van der Waals surface area contributed by atoms with Crippen molar-refractivity contribution >= 4 is 23.4 Å². The Morgan fingerprint density at radius 1 is 1.06 bits per heavy atom. The maximum atomic E-state index is 12.9. The summed E-state index contributed by atoms with van der Waals surface area (Å²) in [6.07, 6.45) is 5.52. The van der Waals surface area contributed by atoms with Crippen LogP contribution in [0.2, 0.25) is 0 Å². The van der Waals surface area contributed by atoms with E-state index in [1.165, 1.54) is 0 Å². The second-order valence-corrected chi connectivity index (χ2v) is 7.05. The quantitative estimate of drug-likeness (QED) is 0.503. The smallest absolute Gasteiger partial charge is 0.324 e. The van der Waals surface area contributed by atoms with E-state index in [2.05, 4.69) is 37.7 Å². The number of allylic oxidation sites excluding steroid dienone is 3. The lowest BCUT2D eigenvalue weighted by Crippen LogP contribution is -2.43. The SMILES string of the molecule is C=C/C(NC(=O)c1cccc(NC(=O)Nc2ccccc2)n1)=C(\C=C/C)N1CCNCC1. The summed E-state index contributed by atoms with van der Waals surface area (Å²) in [4.78, 5) is 31.6. The molecule has 1 aromatic heterocycles. The second kappa shape index (κ2) is 11.5. The molecule has 2 aromatic rings. The number of carbonyl (C=O) groups excluding carboxylic acids is 2. The van der Waals surface area contributed by atoms with E-state index < -0.39 is 6.03 Å². The molecule has 8 heteroatoms. The predicted molar refractivity (Wildman–Crippen MR) is 127 cm³/mol. The first-order chi connectivity index (χ1) is 15.6. The number of rotatable bonds is 7. The minimum Gasteiger partial charge on any atom is -0.367 e. The third-order valence-corrected chi connectivity index (χ3v) is 4.77. The molecule has 1 aliphatic rings. The van der Waals surface area contributed by atoms with Crippen LogP contribution in [0.5, 0.6) is 0 Å². The van der Waals surface area contributed by atoms with Gasteiger partial charge in [0.2, 0.25) is 0 Å². The zero-order chi connectivity index (χ0) is 22.8. The third kappa shape index (κ3) is 6.29. The van der Waals surface area contributed by atoms with Crippen molar-refractivity contribution in [3.8, 4) is 0 Å². The zero-order valence-corrected chi connectivity index (χ0v) is 18.1. The molecule has 0 saturated carbocycles. The molecule has 0 unspecified atom stereocenters. The average Bonchev–Trinajstić information content (AvgIpc) is 2.82. The van der Waals surface area contributed by atoms with E-state index in [1.807, 2.05) is 37.3 Å². The van der Waals surface area contributed by atoms with E-state index >= 15 is 0 Å². The number of nitrogens with one attached hydrogen (secondary N) is 4. The minimum absolute atomic E-state index is 0.182. The number of para-hydroxylation sites is 1. The van der Waals surface area contributed by atoms with Gasteiger partial charge in [0.1, 0.15) is 11.5 Å². The standard InChI is InChI=1S/C24H28N6O2/c1-3-9-21(30-16-14-25-15-17-30)19(4-2)28-23(31)20-12-8-13-22(27-20)29-24(32)26-18-10-6-5-7-11-18/h3-13,25H,2,14-17H2,1H3,(H,28,31)(H2,26,27,29,32)/b9-3-,21-19-. The van der Waals surface area contributed by atoms with Crippen LogP contribution in [-0.2, 0) is 0 Å². The number of anilines is 2. The minimum atomic E-state index is -0.443. The van der Waals surface area contributed by atoms with Crippen molar-refractivity contribution in [2.75, 3.05) is 36.8 Å². The summed E-state index contributed by atoms with van der Waals surface area (Å²) in [7, 11) is 0. The first-order valence-corrected chi connectivity index (χ1v) is 10.5. The molecule has 0 aliphatic carbocycles. The fourth-order valence-corrected chi connectivity index (χ4v) is 3.27. The Labute approximate surface area is 188 Å². The maximum Gasteiger partial charge on any atom is 0.324 e. The van der Waals surface area contributed by atoms with E-state index in [-0.39, 0.29) is 17.4 Å². The molecule has 3 amide bonds. The average molecular weight is 433 g/mol. The summed E-state index contributed by atoms with van der Waals surface area (Å²) in [6, 6.07) is 13.5. The largest absolute Gasteiger partial charge is 0.367 e. The summed E-state index contributed by atoms with van der Waals surface area (Å²) in [5.74, 6) is -0.116. The van der Waals surface area contributed by atoms with Gasteiger partial charge in [-0.3, -0.25) is 10.1 Å². The fraction of sp³-hybridized carbons (Fsp3) is 0.208. The molecule has 8 nitrogen and oxygen atoms in total. The van der Waals surface area contributed by atoms with Gasteiger partial charge < -0.3 is 20.9 Å². The van der Waals surface area contributed by atoms with Gasteiger partial charge in [-0.2, -0.15) is 0 Å². The van der Waals surface area contributed by atoms with Gasteiger partial charge in [-0.15, -0.1) is 0 Å². The van der Waals surface area contributed by atoms with Crippen LogP contribution in [-0.4, -0.2) is 48.0 Å². The summed E-state index contributed by atoms with van der Waals surface area (Å²) in [5.41, 5.74) is 2.34. The second-order valence-electron chi connectivity index (χ2n) is 7.05. The molecule has 1 saturated heterocycles. The monoisotopic (exact) mass is 432 g/mol. The Kier molecular flexibility index (Phi) is 8.16. The zero-order valence-electron chi connectivity index (χ0n) is 18.1. The van der Waals surface area contributed by atoms with Crippen LogP contribution in [0.3, 0.4) is 0 Å². The molecule has 1 fully saturated rings. The predicted octanol–water partition coefficient (Wildman–Crippen LogP) is 3.33. The lowest BCUT2D eigenvalue weighted by molar-refractivity contribution is 0.0961. The van der Waals surface area contributed by atoms with E-state index in [9.17, 15) is 9.59 Å². The topological polar surface area (TPSA) is 98.4 Å². The molecule has 0 radical (unpaired) electrons. The van der Waals surface area contributed by atoms with Gasteiger partial charge in [0.15, 0.2) is 0 Å². The number of nitrogens with zero attached hydrogens (tertiary/aromatic N) is 2. The van der Waals surface area contributed by atoms with Crippen molar-refractivity contribution in [3.05, 3.63) is 90.4 Å². The van der Waals surface area contributed by atoms with Gasteiger partial charge in [-0.25, -0.2) is 9.78 Å². The first-order valence-electron chi connectivity index (χ1n) is 10.5. The Balaban J connectivity index is 1.72. The van der Waals surface area contributed by atoms with E-state index in [4.69, 9.17) is 0 Å². The summed E-state index contributed by atoms with van der Waals surface area (Å²) in [6.45, 7) is 9.22. The summed E-state index contributed by atoms with van der Waals surface area (Å²) in [5, 5.41) is 11.6. The molecule has 3 rings (SSSR count). The Morgan fingerprint density at radius 2 is 1.81 bits per heavy atom. The van der Waals surface area contributed by atoms with Crippen molar-refractivity contribution in [1.82, 2.24) is 20.5 Å². The number of urea groups is 1. The number of hydrogen-bond acceptors (Lipinski definition) is 5. The number of carbonyl (C=O) groups is 2. The van der Waals surface area contributed by atoms with Crippen molar-refractivity contribution in [1.29, 1.82) is 0 Å². The molecule has 0 bridgehead atoms. The molecule has 1 aromatic carbocycles.